The van der Waals surface area contributed by atoms with E-state index in [0.717, 1.165) is 12.8 Å². The van der Waals surface area contributed by atoms with Crippen molar-refractivity contribution in [3.8, 4) is 33.6 Å². The average molecular weight is 509 g/mol. The molecule has 5 aliphatic rings. The van der Waals surface area contributed by atoms with Gasteiger partial charge in [-0.1, -0.05) is 72.8 Å². The molecule has 2 heteroatoms. The Morgan fingerprint density at radius 2 is 0.875 bits per heavy atom. The van der Waals surface area contributed by atoms with Gasteiger partial charge in [-0.3, -0.25) is 0 Å². The van der Waals surface area contributed by atoms with E-state index >= 15 is 0 Å². The van der Waals surface area contributed by atoms with E-state index in [-0.39, 0.29) is 0 Å². The van der Waals surface area contributed by atoms with Crippen LogP contribution in [0, 0.1) is 0 Å². The first-order chi connectivity index (χ1) is 19.9. The number of fused-ring (bicyclic) bond motifs is 9. The fourth-order valence-electron chi connectivity index (χ4n) is 9.45. The van der Waals surface area contributed by atoms with Gasteiger partial charge in [-0.2, -0.15) is 0 Å². The lowest BCUT2D eigenvalue weighted by molar-refractivity contribution is -0.971. The third-order valence-corrected chi connectivity index (χ3v) is 10.6. The van der Waals surface area contributed by atoms with Crippen LogP contribution in [0.15, 0.2) is 121 Å². The maximum absolute atomic E-state index is 2.76. The summed E-state index contributed by atoms with van der Waals surface area (Å²) in [5.41, 5.74) is 18.7. The molecule has 2 aromatic heterocycles. The van der Waals surface area contributed by atoms with Gasteiger partial charge in [-0.05, 0) is 70.5 Å². The van der Waals surface area contributed by atoms with Crippen LogP contribution < -0.4 is 9.13 Å². The maximum Gasteiger partial charge on any atom is 0.418 e. The van der Waals surface area contributed by atoms with Crippen LogP contribution >= 0.6 is 0 Å². The summed E-state index contributed by atoms with van der Waals surface area (Å²) in [6.07, 6.45) is 2.14. The largest absolute Gasteiger partial charge is 0.418 e. The minimum Gasteiger partial charge on any atom is -0.121 e. The number of hydrogen-bond acceptors (Lipinski definition) is 0. The van der Waals surface area contributed by atoms with Gasteiger partial charge < -0.3 is 0 Å². The molecule has 0 amide bonds. The Morgan fingerprint density at radius 1 is 0.425 bits per heavy atom. The van der Waals surface area contributed by atoms with Crippen molar-refractivity contribution in [3.63, 3.8) is 0 Å². The fourth-order valence-corrected chi connectivity index (χ4v) is 9.45. The van der Waals surface area contributed by atoms with E-state index in [2.05, 4.69) is 130 Å². The summed E-state index contributed by atoms with van der Waals surface area (Å²) in [6.45, 7) is 0. The summed E-state index contributed by atoms with van der Waals surface area (Å²) in [7, 11) is 0. The molecule has 6 aromatic rings. The SMILES string of the molecule is c1ccc2c(c1)-c1ccccc1C21c2cccc3[n+]2C24c5c(cccc5-3)CCc3cccc(c32)-c2cccc1[n+]24. The number of nitrogens with zero attached hydrogens (tertiary/aromatic N) is 2. The van der Waals surface area contributed by atoms with Crippen LogP contribution in [0.1, 0.15) is 44.8 Å². The monoisotopic (exact) mass is 508 g/mol. The Labute approximate surface area is 232 Å². The van der Waals surface area contributed by atoms with E-state index in [0.29, 0.717) is 0 Å². The van der Waals surface area contributed by atoms with Gasteiger partial charge in [0.2, 0.25) is 22.8 Å². The molecule has 184 valence electrons. The third kappa shape index (κ3) is 1.80. The van der Waals surface area contributed by atoms with Crippen molar-refractivity contribution in [2.24, 2.45) is 0 Å². The Kier molecular flexibility index (Phi) is 3.18. The topological polar surface area (TPSA) is 7.76 Å². The van der Waals surface area contributed by atoms with Gasteiger partial charge >= 0.3 is 5.66 Å². The molecule has 40 heavy (non-hydrogen) atoms. The molecule has 0 N–H and O–H groups in total. The van der Waals surface area contributed by atoms with Crippen molar-refractivity contribution in [3.05, 3.63) is 166 Å². The van der Waals surface area contributed by atoms with E-state index in [1.54, 1.807) is 0 Å². The van der Waals surface area contributed by atoms with Gasteiger partial charge in [0.15, 0.2) is 5.41 Å². The van der Waals surface area contributed by atoms with Crippen LogP contribution in [-0.2, 0) is 23.9 Å². The standard InChI is InChI=1S/C38H24N2/c1-3-15-29-25(11-1)26-12-2-4-16-30(26)37(29)33-19-7-17-31-27-13-5-9-23-21-22-24-10-6-14-28-32-18-8-20-34(37)40(32)38(35(23)27,36(24)28)39(31)33/h1-20H,21-22H2/q+2. The highest BCUT2D eigenvalue weighted by molar-refractivity contribution is 5.86. The minimum absolute atomic E-state index is 0.413. The van der Waals surface area contributed by atoms with Gasteiger partial charge in [0, 0.05) is 24.3 Å². The zero-order chi connectivity index (χ0) is 25.8. The molecule has 11 rings (SSSR count). The first-order valence-electron chi connectivity index (χ1n) is 14.4. The molecule has 0 fully saturated rings. The average Bonchev–Trinajstić information content (AvgIpc) is 3.56. The molecule has 4 aromatic carbocycles. The zero-order valence-electron chi connectivity index (χ0n) is 21.9. The normalized spacial score (nSPS) is 17.2. The van der Waals surface area contributed by atoms with Gasteiger partial charge in [-0.25, -0.2) is 0 Å². The maximum atomic E-state index is 2.76. The summed E-state index contributed by atoms with van der Waals surface area (Å²) >= 11 is 0. The summed E-state index contributed by atoms with van der Waals surface area (Å²) in [6, 6.07) is 46.5. The smallest absolute Gasteiger partial charge is 0.121 e. The van der Waals surface area contributed by atoms with Crippen molar-refractivity contribution in [1.29, 1.82) is 0 Å². The Hall–Kier alpha value is -4.82. The first-order valence-corrected chi connectivity index (χ1v) is 14.4. The third-order valence-electron chi connectivity index (χ3n) is 10.6. The van der Waals surface area contributed by atoms with Crippen molar-refractivity contribution < 1.29 is 9.13 Å². The van der Waals surface area contributed by atoms with E-state index in [4.69, 9.17) is 0 Å². The lowest BCUT2D eigenvalue weighted by Gasteiger charge is -2.35. The highest BCUT2D eigenvalue weighted by Crippen LogP contribution is 2.61. The van der Waals surface area contributed by atoms with Crippen LogP contribution in [-0.4, -0.2) is 0 Å². The minimum atomic E-state index is -0.416. The number of aromatic nitrogens is 2. The highest BCUT2D eigenvalue weighted by Gasteiger charge is 2.76. The molecular weight excluding hydrogens is 484 g/mol. The molecular formula is C38H24N2+2. The van der Waals surface area contributed by atoms with Crippen molar-refractivity contribution >= 4 is 0 Å². The van der Waals surface area contributed by atoms with Crippen LogP contribution in [0.3, 0.4) is 0 Å². The lowest BCUT2D eigenvalue weighted by Crippen LogP contribution is -2.79. The van der Waals surface area contributed by atoms with Crippen LogP contribution in [0.2, 0.25) is 0 Å². The van der Waals surface area contributed by atoms with Gasteiger partial charge in [0.1, 0.15) is 11.1 Å². The van der Waals surface area contributed by atoms with Gasteiger partial charge in [0.25, 0.3) is 0 Å². The summed E-state index contributed by atoms with van der Waals surface area (Å²) in [5.74, 6) is 0. The van der Waals surface area contributed by atoms with E-state index < -0.39 is 11.1 Å². The molecule has 0 radical (unpaired) electrons. The summed E-state index contributed by atoms with van der Waals surface area (Å²) in [5, 5.41) is 0. The van der Waals surface area contributed by atoms with Crippen molar-refractivity contribution in [1.82, 2.24) is 0 Å². The molecule has 0 saturated carbocycles. The second kappa shape index (κ2) is 6.32. The van der Waals surface area contributed by atoms with Crippen LogP contribution in [0.4, 0.5) is 0 Å². The Balaban J connectivity index is 1.46. The van der Waals surface area contributed by atoms with E-state index in [9.17, 15) is 0 Å². The highest BCUT2D eigenvalue weighted by atomic mass is 15.3. The second-order valence-electron chi connectivity index (χ2n) is 12.0. The molecule has 0 atom stereocenters. The number of aryl methyl sites for hydroxylation is 2. The number of rotatable bonds is 0. The second-order valence-corrected chi connectivity index (χ2v) is 12.0. The van der Waals surface area contributed by atoms with Crippen molar-refractivity contribution in [2.45, 2.75) is 23.9 Å². The van der Waals surface area contributed by atoms with E-state index in [1.807, 2.05) is 0 Å². The van der Waals surface area contributed by atoms with Gasteiger partial charge in [-0.15, -0.1) is 9.13 Å². The predicted molar refractivity (Wildman–Crippen MR) is 154 cm³/mol. The lowest BCUT2D eigenvalue weighted by atomic mass is 9.69. The first kappa shape index (κ1) is 20.1. The number of benzene rings is 4. The molecule has 3 aliphatic heterocycles. The molecule has 2 aliphatic carbocycles. The molecule has 0 unspecified atom stereocenters. The predicted octanol–water partition coefficient (Wildman–Crippen LogP) is 6.30. The van der Waals surface area contributed by atoms with Crippen LogP contribution in [0.5, 0.6) is 0 Å². The Morgan fingerprint density at radius 3 is 1.40 bits per heavy atom. The molecule has 0 saturated heterocycles. The summed E-state index contributed by atoms with van der Waals surface area (Å²) < 4.78 is 5.52. The molecule has 2 spiro atoms. The van der Waals surface area contributed by atoms with E-state index in [1.165, 1.54) is 78.4 Å². The zero-order valence-corrected chi connectivity index (χ0v) is 21.9. The Bertz CT molecular complexity index is 2030. The van der Waals surface area contributed by atoms with Gasteiger partial charge in [0.05, 0.1) is 11.1 Å². The molecule has 2 nitrogen and oxygen atoms in total. The molecule has 0 bridgehead atoms. The molecule has 5 heterocycles. The van der Waals surface area contributed by atoms with Crippen molar-refractivity contribution in [2.75, 3.05) is 0 Å². The number of hydrogen-bond donors (Lipinski definition) is 0. The quantitative estimate of drug-likeness (QED) is 0.213. The number of pyridine rings is 2. The summed E-state index contributed by atoms with van der Waals surface area (Å²) in [4.78, 5) is 0. The van der Waals surface area contributed by atoms with Crippen LogP contribution in [0.25, 0.3) is 33.6 Å². The fraction of sp³-hybridized carbons (Fsp3) is 0.105.